The van der Waals surface area contributed by atoms with Crippen LogP contribution in [-0.4, -0.2) is 22.4 Å². The van der Waals surface area contributed by atoms with Crippen LogP contribution in [0.1, 0.15) is 11.4 Å². The molecule has 1 N–H and O–H groups in total. The molecule has 0 saturated carbocycles. The molecule has 0 radical (unpaired) electrons. The summed E-state index contributed by atoms with van der Waals surface area (Å²) < 4.78 is 2.18. The molecular weight excluding hydrogens is 242 g/mol. The molecule has 0 bridgehead atoms. The van der Waals surface area contributed by atoms with Gasteiger partial charge in [-0.1, -0.05) is 12.1 Å². The summed E-state index contributed by atoms with van der Waals surface area (Å²) in [4.78, 5) is 5.55. The molecule has 1 aromatic heterocycles. The van der Waals surface area contributed by atoms with E-state index in [4.69, 9.17) is 0 Å². The second kappa shape index (κ2) is 6.61. The van der Waals surface area contributed by atoms with Crippen molar-refractivity contribution in [3.63, 3.8) is 0 Å². The first-order valence-corrected chi connectivity index (χ1v) is 7.12. The first-order chi connectivity index (χ1) is 8.79. The maximum atomic E-state index is 4.22. The van der Waals surface area contributed by atoms with Gasteiger partial charge in [0.15, 0.2) is 0 Å². The van der Waals surface area contributed by atoms with Gasteiger partial charge in [0, 0.05) is 36.1 Å². The van der Waals surface area contributed by atoms with Gasteiger partial charge in [-0.2, -0.15) is 0 Å². The first-order valence-electron chi connectivity index (χ1n) is 6.13. The zero-order valence-corrected chi connectivity index (χ0v) is 11.7. The molecule has 18 heavy (non-hydrogen) atoms. The van der Waals surface area contributed by atoms with Crippen LogP contribution in [-0.2, 0) is 13.1 Å². The Labute approximate surface area is 113 Å². The molecule has 0 aliphatic rings. The maximum absolute atomic E-state index is 4.22. The fraction of sp³-hybridized carbons (Fsp3) is 0.357. The van der Waals surface area contributed by atoms with Gasteiger partial charge < -0.3 is 9.88 Å². The smallest absolute Gasteiger partial charge is 0.105 e. The van der Waals surface area contributed by atoms with Crippen molar-refractivity contribution in [3.8, 4) is 0 Å². The average Bonchev–Trinajstić information content (AvgIpc) is 2.78. The van der Waals surface area contributed by atoms with Crippen molar-refractivity contribution < 1.29 is 0 Å². The van der Waals surface area contributed by atoms with Crippen LogP contribution >= 0.6 is 11.8 Å². The summed E-state index contributed by atoms with van der Waals surface area (Å²) in [5, 5.41) is 3.15. The summed E-state index contributed by atoms with van der Waals surface area (Å²) in [5.41, 5.74) is 1.33. The van der Waals surface area contributed by atoms with Gasteiger partial charge >= 0.3 is 0 Å². The molecule has 0 aliphatic carbocycles. The summed E-state index contributed by atoms with van der Waals surface area (Å²) in [5.74, 6) is 2.16. The summed E-state index contributed by atoms with van der Waals surface area (Å²) in [6.45, 7) is 3.98. The zero-order chi connectivity index (χ0) is 12.8. The number of benzene rings is 1. The highest BCUT2D eigenvalue weighted by molar-refractivity contribution is 7.99. The molecule has 0 spiro atoms. The molecule has 0 aliphatic heterocycles. The lowest BCUT2D eigenvalue weighted by atomic mass is 10.2. The number of nitrogens with one attached hydrogen (secondary N) is 1. The Morgan fingerprint density at radius 3 is 2.67 bits per heavy atom. The summed E-state index contributed by atoms with van der Waals surface area (Å²) >= 11 is 1.89. The lowest BCUT2D eigenvalue weighted by Gasteiger charge is -2.06. The molecule has 1 heterocycles. The fourth-order valence-electron chi connectivity index (χ4n) is 1.81. The van der Waals surface area contributed by atoms with Gasteiger partial charge in [-0.05, 0) is 31.7 Å². The molecule has 96 valence electrons. The number of hydrogen-bond donors (Lipinski definition) is 1. The van der Waals surface area contributed by atoms with E-state index in [2.05, 4.69) is 39.1 Å². The molecule has 0 unspecified atom stereocenters. The number of imidazole rings is 1. The van der Waals surface area contributed by atoms with Gasteiger partial charge in [0.1, 0.15) is 5.82 Å². The van der Waals surface area contributed by atoms with Gasteiger partial charge in [-0.3, -0.25) is 0 Å². The van der Waals surface area contributed by atoms with Crippen molar-refractivity contribution in [1.82, 2.24) is 14.9 Å². The highest BCUT2D eigenvalue weighted by atomic mass is 32.2. The lowest BCUT2D eigenvalue weighted by Crippen LogP contribution is -2.04. The Hall–Kier alpha value is -1.26. The Morgan fingerprint density at radius 2 is 2.06 bits per heavy atom. The Bertz CT molecular complexity index is 476. The number of thioether (sulfide) groups is 1. The minimum atomic E-state index is 0.930. The lowest BCUT2D eigenvalue weighted by molar-refractivity contribution is 0.738. The van der Waals surface area contributed by atoms with Gasteiger partial charge in [-0.25, -0.2) is 4.98 Å². The molecular formula is C14H19N3S. The first kappa shape index (κ1) is 13.2. The molecule has 3 nitrogen and oxygen atoms in total. The van der Waals surface area contributed by atoms with Crippen molar-refractivity contribution in [2.24, 2.45) is 0 Å². The monoisotopic (exact) mass is 261 g/mol. The summed E-state index contributed by atoms with van der Waals surface area (Å²) in [6.07, 6.45) is 3.89. The van der Waals surface area contributed by atoms with E-state index < -0.39 is 0 Å². The second-order valence-corrected chi connectivity index (χ2v) is 5.36. The van der Waals surface area contributed by atoms with Gasteiger partial charge in [0.25, 0.3) is 0 Å². The molecule has 2 rings (SSSR count). The molecule has 2 aromatic rings. The van der Waals surface area contributed by atoms with Crippen LogP contribution in [0.5, 0.6) is 0 Å². The molecule has 0 fully saturated rings. The second-order valence-electron chi connectivity index (χ2n) is 4.19. The predicted molar refractivity (Wildman–Crippen MR) is 76.9 cm³/mol. The third-order valence-corrected chi connectivity index (χ3v) is 3.82. The van der Waals surface area contributed by atoms with Crippen LogP contribution in [0.4, 0.5) is 0 Å². The minimum Gasteiger partial charge on any atom is -0.334 e. The Kier molecular flexibility index (Phi) is 4.84. The van der Waals surface area contributed by atoms with Gasteiger partial charge in [0.2, 0.25) is 0 Å². The van der Waals surface area contributed by atoms with E-state index in [0.29, 0.717) is 0 Å². The molecule has 1 aromatic carbocycles. The van der Waals surface area contributed by atoms with Crippen molar-refractivity contribution in [1.29, 1.82) is 0 Å². The minimum absolute atomic E-state index is 0.930. The van der Waals surface area contributed by atoms with E-state index in [9.17, 15) is 0 Å². The quantitative estimate of drug-likeness (QED) is 0.811. The van der Waals surface area contributed by atoms with E-state index in [-0.39, 0.29) is 0 Å². The average molecular weight is 261 g/mol. The normalized spacial score (nSPS) is 10.8. The van der Waals surface area contributed by atoms with Crippen LogP contribution in [0, 0.1) is 6.92 Å². The highest BCUT2D eigenvalue weighted by Crippen LogP contribution is 2.18. The van der Waals surface area contributed by atoms with E-state index >= 15 is 0 Å². The maximum Gasteiger partial charge on any atom is 0.105 e. The number of hydrogen-bond acceptors (Lipinski definition) is 3. The van der Waals surface area contributed by atoms with Crippen LogP contribution in [0.3, 0.4) is 0 Å². The highest BCUT2D eigenvalue weighted by Gasteiger charge is 1.98. The molecule has 0 amide bonds. The van der Waals surface area contributed by atoms with Gasteiger partial charge in [-0.15, -0.1) is 11.8 Å². The molecule has 4 heteroatoms. The fourth-order valence-corrected chi connectivity index (χ4v) is 2.66. The van der Waals surface area contributed by atoms with E-state index in [0.717, 1.165) is 24.7 Å². The third kappa shape index (κ3) is 3.62. The van der Waals surface area contributed by atoms with E-state index in [1.54, 1.807) is 0 Å². The van der Waals surface area contributed by atoms with Crippen molar-refractivity contribution in [2.45, 2.75) is 24.9 Å². The standard InChI is InChI=1S/C14H19N3S/c1-12-16-7-8-17(12)9-10-18-14-5-3-13(4-6-14)11-15-2/h3-8,15H,9-11H2,1-2H3. The van der Waals surface area contributed by atoms with Crippen molar-refractivity contribution in [3.05, 3.63) is 48.0 Å². The van der Waals surface area contributed by atoms with Crippen molar-refractivity contribution >= 4 is 11.8 Å². The van der Waals surface area contributed by atoms with Crippen molar-refractivity contribution in [2.75, 3.05) is 12.8 Å². The zero-order valence-electron chi connectivity index (χ0n) is 10.9. The third-order valence-electron chi connectivity index (χ3n) is 2.83. The number of aryl methyl sites for hydroxylation is 2. The van der Waals surface area contributed by atoms with Crippen LogP contribution in [0.25, 0.3) is 0 Å². The van der Waals surface area contributed by atoms with Crippen LogP contribution in [0.15, 0.2) is 41.6 Å². The SMILES string of the molecule is CNCc1ccc(SCCn2ccnc2C)cc1. The largest absolute Gasteiger partial charge is 0.334 e. The van der Waals surface area contributed by atoms with Crippen LogP contribution in [0.2, 0.25) is 0 Å². The molecule has 0 atom stereocenters. The molecule has 0 saturated heterocycles. The summed E-state index contributed by atoms with van der Waals surface area (Å²) in [6, 6.07) is 8.75. The summed E-state index contributed by atoms with van der Waals surface area (Å²) in [7, 11) is 1.97. The van der Waals surface area contributed by atoms with E-state index in [1.165, 1.54) is 10.5 Å². The number of aromatic nitrogens is 2. The van der Waals surface area contributed by atoms with Crippen LogP contribution < -0.4 is 5.32 Å². The Morgan fingerprint density at radius 1 is 1.28 bits per heavy atom. The van der Waals surface area contributed by atoms with Gasteiger partial charge in [0.05, 0.1) is 0 Å². The predicted octanol–water partition coefficient (Wildman–Crippen LogP) is 2.70. The Balaban J connectivity index is 1.81. The number of rotatable bonds is 6. The van der Waals surface area contributed by atoms with E-state index in [1.807, 2.05) is 38.1 Å². The number of nitrogens with zero attached hydrogens (tertiary/aromatic N) is 2. The topological polar surface area (TPSA) is 29.9 Å².